The van der Waals surface area contributed by atoms with Crippen molar-refractivity contribution in [2.45, 2.75) is 12.6 Å². The number of fused-ring (bicyclic) bond motifs is 1. The summed E-state index contributed by atoms with van der Waals surface area (Å²) in [5.74, 6) is 0.985. The lowest BCUT2D eigenvalue weighted by Crippen LogP contribution is -2.26. The van der Waals surface area contributed by atoms with Crippen molar-refractivity contribution >= 4 is 21.6 Å². The molecule has 1 aromatic heterocycles. The predicted molar refractivity (Wildman–Crippen MR) is 113 cm³/mol. The van der Waals surface area contributed by atoms with E-state index in [0.717, 1.165) is 10.7 Å². The summed E-state index contributed by atoms with van der Waals surface area (Å²) in [5, 5.41) is 7.37. The fraction of sp³-hybridized carbons (Fsp3) is 0.238. The zero-order chi connectivity index (χ0) is 22.3. The Morgan fingerprint density at radius 1 is 1.10 bits per heavy atom. The number of benzene rings is 2. The number of aromatic nitrogens is 2. The zero-order valence-corrected chi connectivity index (χ0v) is 18.1. The Morgan fingerprint density at radius 2 is 1.77 bits per heavy atom. The van der Waals surface area contributed by atoms with Gasteiger partial charge in [0, 0.05) is 28.2 Å². The van der Waals surface area contributed by atoms with Crippen molar-refractivity contribution in [1.82, 2.24) is 9.78 Å². The molecule has 0 bridgehead atoms. The number of nitrogens with zero attached hydrogens (tertiary/aromatic N) is 2. The Hall–Kier alpha value is -3.01. The smallest absolute Gasteiger partial charge is 0.418 e. The van der Waals surface area contributed by atoms with Crippen molar-refractivity contribution < 1.29 is 22.6 Å². The number of hydrogen-bond acceptors (Lipinski definition) is 5. The highest BCUT2D eigenvalue weighted by Crippen LogP contribution is 2.37. The number of methoxy groups -OCH3 is 2. The summed E-state index contributed by atoms with van der Waals surface area (Å²) in [6.45, 7) is 0.481. The van der Waals surface area contributed by atoms with Crippen LogP contribution in [0.1, 0.15) is 11.1 Å². The predicted octanol–water partition coefficient (Wildman–Crippen LogP) is 4.67. The Balaban J connectivity index is 2.03. The summed E-state index contributed by atoms with van der Waals surface area (Å²) < 4.78 is 52.9. The van der Waals surface area contributed by atoms with Gasteiger partial charge in [0.1, 0.15) is 17.2 Å². The molecule has 1 aliphatic rings. The molecule has 31 heavy (non-hydrogen) atoms. The number of hydrogen-bond donors (Lipinski definition) is 1. The van der Waals surface area contributed by atoms with Gasteiger partial charge in [-0.3, -0.25) is 4.79 Å². The van der Waals surface area contributed by atoms with Gasteiger partial charge in [0.05, 0.1) is 31.2 Å². The van der Waals surface area contributed by atoms with Crippen molar-refractivity contribution in [2.24, 2.45) is 0 Å². The monoisotopic (exact) mass is 495 g/mol. The topological polar surface area (TPSA) is 65.4 Å². The molecule has 0 spiro atoms. The van der Waals surface area contributed by atoms with E-state index in [1.165, 1.54) is 26.4 Å². The molecule has 3 aromatic rings. The van der Waals surface area contributed by atoms with Gasteiger partial charge < -0.3 is 14.8 Å². The highest BCUT2D eigenvalue weighted by atomic mass is 79.9. The molecule has 4 rings (SSSR count). The summed E-state index contributed by atoms with van der Waals surface area (Å²) in [6, 6.07) is 8.50. The Bertz CT molecular complexity index is 1200. The Labute approximate surface area is 183 Å². The minimum atomic E-state index is -4.66. The van der Waals surface area contributed by atoms with Crippen LogP contribution >= 0.6 is 15.9 Å². The fourth-order valence-corrected chi connectivity index (χ4v) is 3.91. The second kappa shape index (κ2) is 7.92. The fourth-order valence-electron chi connectivity index (χ4n) is 3.56. The molecule has 1 N–H and O–H groups in total. The van der Waals surface area contributed by atoms with Gasteiger partial charge in [-0.15, -0.1) is 0 Å². The average molecular weight is 496 g/mol. The molecule has 10 heteroatoms. The van der Waals surface area contributed by atoms with Crippen LogP contribution in [0.3, 0.4) is 0 Å². The molecular formula is C21H17BrF3N3O3. The van der Waals surface area contributed by atoms with Crippen LogP contribution in [-0.2, 0) is 12.6 Å². The molecule has 0 fully saturated rings. The number of ether oxygens (including phenoxy) is 2. The first-order chi connectivity index (χ1) is 14.7. The molecule has 0 unspecified atom stereocenters. The molecule has 0 aliphatic carbocycles. The lowest BCUT2D eigenvalue weighted by molar-refractivity contribution is -0.137. The molecule has 0 saturated heterocycles. The quantitative estimate of drug-likeness (QED) is 0.569. The number of halogens is 4. The van der Waals surface area contributed by atoms with Crippen LogP contribution in [0, 0.1) is 0 Å². The van der Waals surface area contributed by atoms with Crippen LogP contribution in [-0.4, -0.2) is 30.5 Å². The third-order valence-electron chi connectivity index (χ3n) is 4.99. The van der Waals surface area contributed by atoms with E-state index in [4.69, 9.17) is 9.47 Å². The van der Waals surface area contributed by atoms with Gasteiger partial charge in [0.25, 0.3) is 5.56 Å². The van der Waals surface area contributed by atoms with E-state index in [0.29, 0.717) is 45.8 Å². The van der Waals surface area contributed by atoms with E-state index in [1.807, 2.05) is 0 Å². The van der Waals surface area contributed by atoms with Gasteiger partial charge in [-0.05, 0) is 36.8 Å². The zero-order valence-electron chi connectivity index (χ0n) is 16.5. The van der Waals surface area contributed by atoms with Crippen molar-refractivity contribution in [2.75, 3.05) is 26.1 Å². The number of anilines is 1. The summed E-state index contributed by atoms with van der Waals surface area (Å²) in [6.07, 6.45) is -4.15. The standard InChI is InChI=1S/C21H17BrF3N3O3/c1-30-13-7-11(8-14(10-13)31-2)18-15-5-6-26-19(15)20(29)28(27-18)17-9-12(22)3-4-16(17)21(23,24)25/h3-4,7-10,26H,5-6H2,1-2H3. The molecule has 0 atom stereocenters. The van der Waals surface area contributed by atoms with Crippen molar-refractivity contribution in [1.29, 1.82) is 0 Å². The maximum Gasteiger partial charge on any atom is 0.418 e. The Morgan fingerprint density at radius 3 is 2.39 bits per heavy atom. The maximum atomic E-state index is 13.7. The highest BCUT2D eigenvalue weighted by molar-refractivity contribution is 9.10. The number of nitrogens with one attached hydrogen (secondary N) is 1. The van der Waals surface area contributed by atoms with Crippen molar-refractivity contribution in [3.8, 4) is 28.4 Å². The minimum Gasteiger partial charge on any atom is -0.497 e. The largest absolute Gasteiger partial charge is 0.497 e. The van der Waals surface area contributed by atoms with Crippen LogP contribution in [0.5, 0.6) is 11.5 Å². The molecule has 1 aliphatic heterocycles. The van der Waals surface area contributed by atoms with Crippen LogP contribution < -0.4 is 20.3 Å². The number of alkyl halides is 3. The lowest BCUT2D eigenvalue weighted by Gasteiger charge is -2.17. The van der Waals surface area contributed by atoms with E-state index < -0.39 is 17.3 Å². The summed E-state index contributed by atoms with van der Waals surface area (Å²) in [4.78, 5) is 13.1. The highest BCUT2D eigenvalue weighted by Gasteiger charge is 2.35. The van der Waals surface area contributed by atoms with Gasteiger partial charge in [0.2, 0.25) is 0 Å². The first-order valence-electron chi connectivity index (χ1n) is 9.23. The normalized spacial score (nSPS) is 13.0. The molecule has 0 saturated carbocycles. The van der Waals surface area contributed by atoms with E-state index in [1.54, 1.807) is 18.2 Å². The second-order valence-corrected chi connectivity index (χ2v) is 7.77. The van der Waals surface area contributed by atoms with Crippen LogP contribution in [0.4, 0.5) is 18.9 Å². The molecule has 0 amide bonds. The summed E-state index contributed by atoms with van der Waals surface area (Å²) in [5.41, 5.74) is -0.148. The first-order valence-corrected chi connectivity index (χ1v) is 10.0. The van der Waals surface area contributed by atoms with Crippen LogP contribution in [0.2, 0.25) is 0 Å². The van der Waals surface area contributed by atoms with E-state index in [-0.39, 0.29) is 11.4 Å². The number of rotatable bonds is 4. The van der Waals surface area contributed by atoms with Gasteiger partial charge in [-0.1, -0.05) is 15.9 Å². The summed E-state index contributed by atoms with van der Waals surface area (Å²) in [7, 11) is 2.99. The minimum absolute atomic E-state index is 0.236. The molecular weight excluding hydrogens is 479 g/mol. The molecule has 162 valence electrons. The summed E-state index contributed by atoms with van der Waals surface area (Å²) >= 11 is 3.19. The van der Waals surface area contributed by atoms with Gasteiger partial charge >= 0.3 is 6.18 Å². The lowest BCUT2D eigenvalue weighted by atomic mass is 10.0. The maximum absolute atomic E-state index is 13.7. The van der Waals surface area contributed by atoms with Crippen molar-refractivity contribution in [3.63, 3.8) is 0 Å². The van der Waals surface area contributed by atoms with Gasteiger partial charge in [-0.2, -0.15) is 23.0 Å². The van der Waals surface area contributed by atoms with Crippen molar-refractivity contribution in [3.05, 3.63) is 62.4 Å². The van der Waals surface area contributed by atoms with Gasteiger partial charge in [0.15, 0.2) is 0 Å². The Kier molecular flexibility index (Phi) is 5.42. The first kappa shape index (κ1) is 21.2. The van der Waals surface area contributed by atoms with Gasteiger partial charge in [-0.25, -0.2) is 0 Å². The molecule has 6 nitrogen and oxygen atoms in total. The third kappa shape index (κ3) is 3.87. The average Bonchev–Trinajstić information content (AvgIpc) is 3.23. The SMILES string of the molecule is COc1cc(OC)cc(-c2nn(-c3cc(Br)ccc3C(F)(F)F)c(=O)c3c2CCN3)c1. The van der Waals surface area contributed by atoms with E-state index in [9.17, 15) is 18.0 Å². The van der Waals surface area contributed by atoms with E-state index >= 15 is 0 Å². The van der Waals surface area contributed by atoms with E-state index in [2.05, 4.69) is 26.3 Å². The molecule has 2 heterocycles. The van der Waals surface area contributed by atoms with Crippen LogP contribution in [0.15, 0.2) is 45.7 Å². The van der Waals surface area contributed by atoms with Crippen LogP contribution in [0.25, 0.3) is 16.9 Å². The third-order valence-corrected chi connectivity index (χ3v) is 5.48. The second-order valence-electron chi connectivity index (χ2n) is 6.86. The molecule has 2 aromatic carbocycles. The molecule has 0 radical (unpaired) electrons.